The van der Waals surface area contributed by atoms with E-state index in [1.54, 1.807) is 6.92 Å². The molecule has 1 atom stereocenters. The summed E-state index contributed by atoms with van der Waals surface area (Å²) in [5, 5.41) is 2.80. The normalized spacial score (nSPS) is 12.7. The molecule has 1 unspecified atom stereocenters. The van der Waals surface area contributed by atoms with Gasteiger partial charge in [0.1, 0.15) is 7.85 Å². The van der Waals surface area contributed by atoms with Crippen LogP contribution in [0.25, 0.3) is 0 Å². The Morgan fingerprint density at radius 2 is 2.33 bits per heavy atom. The number of carbonyl (C=O) groups excluding carboxylic acids is 1. The van der Waals surface area contributed by atoms with E-state index in [4.69, 9.17) is 0 Å². The molecule has 0 radical (unpaired) electrons. The largest absolute Gasteiger partial charge is 0.362 e. The third-order valence-electron chi connectivity index (χ3n) is 1.17. The van der Waals surface area contributed by atoms with Crippen LogP contribution in [0.5, 0.6) is 0 Å². The average Bonchev–Trinajstić information content (AvgIpc) is 1.63. The first-order chi connectivity index (χ1) is 4.16. The molecule has 2 nitrogen and oxygen atoms in total. The number of hydrogen-bond donors (Lipinski definition) is 1. The predicted octanol–water partition coefficient (Wildman–Crippen LogP) is -0.118. The minimum absolute atomic E-state index is 0.0657. The molecule has 0 bridgehead atoms. The Morgan fingerprint density at radius 1 is 1.78 bits per heavy atom. The summed E-state index contributed by atoms with van der Waals surface area (Å²) in [5.41, 5.74) is 0. The molecule has 3 heteroatoms. The fourth-order valence-corrected chi connectivity index (χ4v) is 0.852. The maximum atomic E-state index is 10.4. The van der Waals surface area contributed by atoms with Crippen molar-refractivity contribution in [1.82, 2.24) is 5.32 Å². The van der Waals surface area contributed by atoms with Gasteiger partial charge in [0, 0.05) is 6.92 Å². The van der Waals surface area contributed by atoms with Crippen LogP contribution in [-0.2, 0) is 4.79 Å². The summed E-state index contributed by atoms with van der Waals surface area (Å²) in [5.74, 6) is 0.406. The smallest absolute Gasteiger partial charge is 0.216 e. The molecule has 52 valence electrons. The molecule has 0 aromatic carbocycles. The van der Waals surface area contributed by atoms with E-state index < -0.39 is 0 Å². The molecule has 0 saturated heterocycles. The Morgan fingerprint density at radius 3 is 2.67 bits per heavy atom. The monoisotopic (exact) mass is 127 g/mol. The van der Waals surface area contributed by atoms with Gasteiger partial charge in [0.25, 0.3) is 0 Å². The molecule has 0 aliphatic rings. The summed E-state index contributed by atoms with van der Waals surface area (Å²) >= 11 is 0. The van der Waals surface area contributed by atoms with Gasteiger partial charge in [-0.2, -0.15) is 0 Å². The Balaban J connectivity index is 3.26. The second-order valence-electron chi connectivity index (χ2n) is 2.39. The molecule has 0 aromatic heterocycles. The molecular formula is C6H14BNO. The highest BCUT2D eigenvalue weighted by Gasteiger charge is 1.99. The number of nitrogens with one attached hydrogen (secondary N) is 1. The van der Waals surface area contributed by atoms with Crippen molar-refractivity contribution in [2.45, 2.75) is 32.6 Å². The van der Waals surface area contributed by atoms with Crippen LogP contribution in [0.3, 0.4) is 0 Å². The lowest BCUT2D eigenvalue weighted by Crippen LogP contribution is -2.32. The van der Waals surface area contributed by atoms with Crippen LogP contribution in [0.1, 0.15) is 26.7 Å². The molecule has 0 aliphatic heterocycles. The first-order valence-corrected chi connectivity index (χ1v) is 3.44. The Bertz CT molecular complexity index is 95.1. The number of hydrogen-bond acceptors (Lipinski definition) is 1. The van der Waals surface area contributed by atoms with E-state index in [1.807, 2.05) is 7.85 Å². The average molecular weight is 127 g/mol. The van der Waals surface area contributed by atoms with Crippen LogP contribution in [0.15, 0.2) is 0 Å². The highest BCUT2D eigenvalue weighted by atomic mass is 16.1. The fourth-order valence-electron chi connectivity index (χ4n) is 0.852. The van der Waals surface area contributed by atoms with E-state index in [1.165, 1.54) is 0 Å². The summed E-state index contributed by atoms with van der Waals surface area (Å²) in [6.07, 6.45) is 2.20. The van der Waals surface area contributed by atoms with Gasteiger partial charge in [0.2, 0.25) is 5.91 Å². The van der Waals surface area contributed by atoms with E-state index in [0.29, 0.717) is 5.94 Å². The highest BCUT2D eigenvalue weighted by Crippen LogP contribution is 1.89. The van der Waals surface area contributed by atoms with E-state index in [9.17, 15) is 4.79 Å². The van der Waals surface area contributed by atoms with Crippen LogP contribution in [-0.4, -0.2) is 19.7 Å². The van der Waals surface area contributed by atoms with Crippen LogP contribution >= 0.6 is 0 Å². The zero-order chi connectivity index (χ0) is 7.28. The zero-order valence-corrected chi connectivity index (χ0v) is 6.40. The highest BCUT2D eigenvalue weighted by molar-refractivity contribution is 6.12. The number of carbonyl (C=O) groups is 1. The second kappa shape index (κ2) is 4.42. The summed E-state index contributed by atoms with van der Waals surface area (Å²) in [6, 6.07) is 0. The Kier molecular flexibility index (Phi) is 4.19. The lowest BCUT2D eigenvalue weighted by molar-refractivity contribution is -0.119. The van der Waals surface area contributed by atoms with Crippen LogP contribution in [0.2, 0.25) is 0 Å². The maximum absolute atomic E-state index is 10.4. The van der Waals surface area contributed by atoms with E-state index in [0.717, 1.165) is 12.8 Å². The minimum atomic E-state index is 0.0657. The topological polar surface area (TPSA) is 29.1 Å². The molecule has 1 amide bonds. The molecular weight excluding hydrogens is 113 g/mol. The molecule has 0 aliphatic carbocycles. The van der Waals surface area contributed by atoms with Crippen molar-refractivity contribution in [2.75, 3.05) is 0 Å². The van der Waals surface area contributed by atoms with Crippen molar-refractivity contribution in [3.63, 3.8) is 0 Å². The van der Waals surface area contributed by atoms with Gasteiger partial charge in [-0.1, -0.05) is 13.3 Å². The summed E-state index contributed by atoms with van der Waals surface area (Å²) < 4.78 is 0. The van der Waals surface area contributed by atoms with Crippen molar-refractivity contribution >= 4 is 13.8 Å². The summed E-state index contributed by atoms with van der Waals surface area (Å²) in [6.45, 7) is 3.66. The van der Waals surface area contributed by atoms with Gasteiger partial charge < -0.3 is 5.32 Å². The zero-order valence-electron chi connectivity index (χ0n) is 6.40. The molecule has 1 N–H and O–H groups in total. The van der Waals surface area contributed by atoms with Gasteiger partial charge in [-0.25, -0.2) is 0 Å². The van der Waals surface area contributed by atoms with Crippen molar-refractivity contribution in [2.24, 2.45) is 0 Å². The van der Waals surface area contributed by atoms with Gasteiger partial charge in [-0.05, 0) is 12.4 Å². The number of amides is 1. The van der Waals surface area contributed by atoms with Gasteiger partial charge in [0.05, 0.1) is 0 Å². The summed E-state index contributed by atoms with van der Waals surface area (Å²) in [4.78, 5) is 10.4. The summed E-state index contributed by atoms with van der Waals surface area (Å²) in [7, 11) is 2.02. The van der Waals surface area contributed by atoms with Gasteiger partial charge >= 0.3 is 0 Å². The van der Waals surface area contributed by atoms with Crippen LogP contribution in [0, 0.1) is 0 Å². The lowest BCUT2D eigenvalue weighted by atomic mass is 9.92. The van der Waals surface area contributed by atoms with E-state index in [-0.39, 0.29) is 5.91 Å². The van der Waals surface area contributed by atoms with Crippen LogP contribution in [0.4, 0.5) is 0 Å². The molecule has 0 spiro atoms. The minimum Gasteiger partial charge on any atom is -0.362 e. The first-order valence-electron chi connectivity index (χ1n) is 3.44. The van der Waals surface area contributed by atoms with Gasteiger partial charge in [-0.15, -0.1) is 0 Å². The Labute approximate surface area is 57.4 Å². The maximum Gasteiger partial charge on any atom is 0.216 e. The second-order valence-corrected chi connectivity index (χ2v) is 2.39. The standard InChI is InChI=1S/C6H14BNO/c1-3-4-6(7)8-5(2)9/h6H,3-4,7H2,1-2H3,(H,8,9). The Hall–Kier alpha value is -0.465. The van der Waals surface area contributed by atoms with Crippen molar-refractivity contribution in [3.8, 4) is 0 Å². The van der Waals surface area contributed by atoms with E-state index in [2.05, 4.69) is 12.2 Å². The number of rotatable bonds is 3. The lowest BCUT2D eigenvalue weighted by Gasteiger charge is -2.09. The fraction of sp³-hybridized carbons (Fsp3) is 0.833. The molecule has 0 saturated carbocycles. The predicted molar refractivity (Wildman–Crippen MR) is 41.1 cm³/mol. The quantitative estimate of drug-likeness (QED) is 0.526. The third kappa shape index (κ3) is 5.41. The molecule has 0 rings (SSSR count). The molecule has 0 fully saturated rings. The van der Waals surface area contributed by atoms with Crippen LogP contribution < -0.4 is 5.32 Å². The molecule has 0 aromatic rings. The van der Waals surface area contributed by atoms with Crippen molar-refractivity contribution in [3.05, 3.63) is 0 Å². The third-order valence-corrected chi connectivity index (χ3v) is 1.17. The molecule has 0 heterocycles. The first kappa shape index (κ1) is 8.53. The van der Waals surface area contributed by atoms with Gasteiger partial charge in [-0.3, -0.25) is 4.79 Å². The molecule has 9 heavy (non-hydrogen) atoms. The SMILES string of the molecule is BC(CCC)NC(C)=O. The van der Waals surface area contributed by atoms with Crippen molar-refractivity contribution < 1.29 is 4.79 Å². The van der Waals surface area contributed by atoms with Crippen molar-refractivity contribution in [1.29, 1.82) is 0 Å². The van der Waals surface area contributed by atoms with E-state index >= 15 is 0 Å². The van der Waals surface area contributed by atoms with Gasteiger partial charge in [0.15, 0.2) is 0 Å².